The quantitative estimate of drug-likeness (QED) is 0.941. The van der Waals surface area contributed by atoms with E-state index in [9.17, 15) is 9.65 Å². The first-order chi connectivity index (χ1) is 10.2. The molecule has 1 saturated carbocycles. The molecule has 1 aromatic carbocycles. The number of anilines is 1. The topological polar surface area (TPSA) is 67.6 Å². The van der Waals surface area contributed by atoms with Gasteiger partial charge in [0.25, 0.3) is 0 Å². The average molecular weight is 284 g/mol. The van der Waals surface area contributed by atoms with E-state index in [1.165, 1.54) is 25.0 Å². The lowest BCUT2D eigenvalue weighted by atomic mass is 10.0. The van der Waals surface area contributed by atoms with E-state index in [2.05, 4.69) is 11.2 Å². The Morgan fingerprint density at radius 2 is 2.14 bits per heavy atom. The summed E-state index contributed by atoms with van der Waals surface area (Å²) in [6.07, 6.45) is 4.47. The van der Waals surface area contributed by atoms with Gasteiger partial charge in [-0.1, -0.05) is 25.0 Å². The molecule has 0 bridgehead atoms. The van der Waals surface area contributed by atoms with E-state index in [0.717, 1.165) is 24.1 Å². The largest absolute Gasteiger partial charge is 0.383 e. The monoisotopic (exact) mass is 284 g/mol. The molecule has 0 aliphatic heterocycles. The van der Waals surface area contributed by atoms with Crippen LogP contribution in [0.15, 0.2) is 24.3 Å². The standard InChI is InChI=1S/C16H17FN4/c17-13-7-3-4-11(8-13)10-21-16(19)14(9-18)15(20-21)12-5-1-2-6-12/h3-4,7-8,12H,1-2,5-6,10,19H2. The highest BCUT2D eigenvalue weighted by Crippen LogP contribution is 2.36. The smallest absolute Gasteiger partial charge is 0.140 e. The maximum Gasteiger partial charge on any atom is 0.140 e. The summed E-state index contributed by atoms with van der Waals surface area (Å²) in [5.41, 5.74) is 8.13. The molecule has 2 aromatic rings. The van der Waals surface area contributed by atoms with Crippen molar-refractivity contribution in [2.24, 2.45) is 0 Å². The molecule has 108 valence electrons. The summed E-state index contributed by atoms with van der Waals surface area (Å²) in [6, 6.07) is 8.53. The summed E-state index contributed by atoms with van der Waals surface area (Å²) >= 11 is 0. The highest BCUT2D eigenvalue weighted by molar-refractivity contribution is 5.53. The molecule has 2 N–H and O–H groups in total. The second-order valence-corrected chi connectivity index (χ2v) is 5.53. The van der Waals surface area contributed by atoms with Crippen molar-refractivity contribution in [1.29, 1.82) is 5.26 Å². The molecule has 5 heteroatoms. The van der Waals surface area contributed by atoms with Crippen molar-refractivity contribution >= 4 is 5.82 Å². The van der Waals surface area contributed by atoms with Crippen LogP contribution in [0.3, 0.4) is 0 Å². The number of nitrogen functional groups attached to an aromatic ring is 1. The van der Waals surface area contributed by atoms with Gasteiger partial charge >= 0.3 is 0 Å². The van der Waals surface area contributed by atoms with Crippen LogP contribution < -0.4 is 5.73 Å². The van der Waals surface area contributed by atoms with Crippen LogP contribution in [-0.4, -0.2) is 9.78 Å². The number of halogens is 1. The Morgan fingerprint density at radius 3 is 2.81 bits per heavy atom. The second-order valence-electron chi connectivity index (χ2n) is 5.53. The molecule has 3 rings (SSSR count). The van der Waals surface area contributed by atoms with Crippen LogP contribution in [0, 0.1) is 17.1 Å². The first kappa shape index (κ1) is 13.6. The van der Waals surface area contributed by atoms with E-state index in [-0.39, 0.29) is 5.82 Å². The van der Waals surface area contributed by atoms with E-state index in [1.807, 2.05) is 6.07 Å². The summed E-state index contributed by atoms with van der Waals surface area (Å²) in [5.74, 6) is 0.425. The molecule has 0 amide bonds. The van der Waals surface area contributed by atoms with Crippen molar-refractivity contribution in [3.63, 3.8) is 0 Å². The molecule has 21 heavy (non-hydrogen) atoms. The Balaban J connectivity index is 1.94. The molecule has 0 saturated heterocycles. The lowest BCUT2D eigenvalue weighted by Gasteiger charge is -2.05. The second kappa shape index (κ2) is 5.57. The van der Waals surface area contributed by atoms with E-state index < -0.39 is 0 Å². The van der Waals surface area contributed by atoms with E-state index in [1.54, 1.807) is 10.7 Å². The molecular weight excluding hydrogens is 267 g/mol. The Bertz CT molecular complexity index is 693. The maximum absolute atomic E-state index is 13.3. The van der Waals surface area contributed by atoms with Gasteiger partial charge in [0.1, 0.15) is 23.3 Å². The SMILES string of the molecule is N#Cc1c(C2CCCC2)nn(Cc2cccc(F)c2)c1N. The predicted octanol–water partition coefficient (Wildman–Crippen LogP) is 3.18. The number of rotatable bonds is 3. The lowest BCUT2D eigenvalue weighted by molar-refractivity contribution is 0.613. The zero-order valence-electron chi connectivity index (χ0n) is 11.7. The first-order valence-corrected chi connectivity index (χ1v) is 7.19. The van der Waals surface area contributed by atoms with Crippen LogP contribution in [-0.2, 0) is 6.54 Å². The van der Waals surface area contributed by atoms with Gasteiger partial charge in [-0.05, 0) is 30.5 Å². The maximum atomic E-state index is 13.3. The van der Waals surface area contributed by atoms with Gasteiger partial charge in [0.15, 0.2) is 0 Å². The van der Waals surface area contributed by atoms with Crippen molar-refractivity contribution in [2.75, 3.05) is 5.73 Å². The third kappa shape index (κ3) is 2.62. The summed E-state index contributed by atoms with van der Waals surface area (Å²) in [5, 5.41) is 13.9. The normalized spacial score (nSPS) is 15.2. The highest BCUT2D eigenvalue weighted by Gasteiger charge is 2.26. The van der Waals surface area contributed by atoms with Crippen molar-refractivity contribution in [3.05, 3.63) is 46.9 Å². The van der Waals surface area contributed by atoms with Gasteiger partial charge in [0.05, 0.1) is 12.2 Å². The summed E-state index contributed by atoms with van der Waals surface area (Å²) in [7, 11) is 0. The van der Waals surface area contributed by atoms with E-state index in [0.29, 0.717) is 23.8 Å². The van der Waals surface area contributed by atoms with Crippen LogP contribution >= 0.6 is 0 Å². The van der Waals surface area contributed by atoms with Gasteiger partial charge < -0.3 is 5.73 Å². The number of hydrogen-bond acceptors (Lipinski definition) is 3. The van der Waals surface area contributed by atoms with Crippen LogP contribution in [0.4, 0.5) is 10.2 Å². The van der Waals surface area contributed by atoms with Crippen LogP contribution in [0.5, 0.6) is 0 Å². The summed E-state index contributed by atoms with van der Waals surface area (Å²) in [6.45, 7) is 0.380. The van der Waals surface area contributed by atoms with Crippen LogP contribution in [0.1, 0.15) is 48.4 Å². The van der Waals surface area contributed by atoms with Crippen molar-refractivity contribution in [3.8, 4) is 6.07 Å². The van der Waals surface area contributed by atoms with Crippen molar-refractivity contribution in [2.45, 2.75) is 38.1 Å². The van der Waals surface area contributed by atoms with Gasteiger partial charge in [0, 0.05) is 5.92 Å². The molecule has 0 spiro atoms. The summed E-state index contributed by atoms with van der Waals surface area (Å²) < 4.78 is 14.9. The molecule has 0 atom stereocenters. The Kier molecular flexibility index (Phi) is 3.61. The molecule has 0 radical (unpaired) electrons. The molecule has 0 unspecified atom stereocenters. The molecular formula is C16H17FN4. The minimum atomic E-state index is -0.283. The zero-order chi connectivity index (χ0) is 14.8. The molecule has 1 aromatic heterocycles. The molecule has 4 nitrogen and oxygen atoms in total. The number of hydrogen-bond donors (Lipinski definition) is 1. The average Bonchev–Trinajstić information content (AvgIpc) is 3.08. The van der Waals surface area contributed by atoms with Gasteiger partial charge in [-0.2, -0.15) is 10.4 Å². The fourth-order valence-corrected chi connectivity index (χ4v) is 3.02. The number of nitrogens with zero attached hydrogens (tertiary/aromatic N) is 3. The van der Waals surface area contributed by atoms with Gasteiger partial charge in [-0.3, -0.25) is 0 Å². The van der Waals surface area contributed by atoms with Gasteiger partial charge in [0.2, 0.25) is 0 Å². The van der Waals surface area contributed by atoms with Crippen molar-refractivity contribution in [1.82, 2.24) is 9.78 Å². The zero-order valence-corrected chi connectivity index (χ0v) is 11.7. The Morgan fingerprint density at radius 1 is 1.38 bits per heavy atom. The first-order valence-electron chi connectivity index (χ1n) is 7.19. The number of nitriles is 1. The lowest BCUT2D eigenvalue weighted by Crippen LogP contribution is -2.07. The van der Waals surface area contributed by atoms with Crippen LogP contribution in [0.25, 0.3) is 0 Å². The van der Waals surface area contributed by atoms with E-state index in [4.69, 9.17) is 5.73 Å². The third-order valence-corrected chi connectivity index (χ3v) is 4.09. The third-order valence-electron chi connectivity index (χ3n) is 4.09. The minimum absolute atomic E-state index is 0.283. The number of aromatic nitrogens is 2. The van der Waals surface area contributed by atoms with Crippen molar-refractivity contribution < 1.29 is 4.39 Å². The fraction of sp³-hybridized carbons (Fsp3) is 0.375. The number of nitrogens with two attached hydrogens (primary N) is 1. The van der Waals surface area contributed by atoms with Gasteiger partial charge in [-0.15, -0.1) is 0 Å². The molecule has 1 aliphatic carbocycles. The Hall–Kier alpha value is -2.35. The minimum Gasteiger partial charge on any atom is -0.383 e. The highest BCUT2D eigenvalue weighted by atomic mass is 19.1. The molecule has 1 heterocycles. The van der Waals surface area contributed by atoms with E-state index >= 15 is 0 Å². The van der Waals surface area contributed by atoms with Gasteiger partial charge in [-0.25, -0.2) is 9.07 Å². The predicted molar refractivity (Wildman–Crippen MR) is 78.1 cm³/mol. The molecule has 1 fully saturated rings. The summed E-state index contributed by atoms with van der Waals surface area (Å²) in [4.78, 5) is 0. The molecule has 1 aliphatic rings. The number of benzene rings is 1. The van der Waals surface area contributed by atoms with Crippen LogP contribution in [0.2, 0.25) is 0 Å². The fourth-order valence-electron chi connectivity index (χ4n) is 3.02. The Labute approximate surface area is 123 Å².